The summed E-state index contributed by atoms with van der Waals surface area (Å²) in [6.07, 6.45) is 3.25. The van der Waals surface area contributed by atoms with Crippen molar-refractivity contribution in [3.8, 4) is 23.5 Å². The van der Waals surface area contributed by atoms with Crippen molar-refractivity contribution >= 4 is 11.8 Å². The van der Waals surface area contributed by atoms with Crippen molar-refractivity contribution in [2.75, 3.05) is 0 Å². The van der Waals surface area contributed by atoms with Gasteiger partial charge in [-0.25, -0.2) is 4.79 Å². The molecule has 0 aliphatic rings. The zero-order valence-electron chi connectivity index (χ0n) is 23.7. The Labute approximate surface area is 235 Å². The van der Waals surface area contributed by atoms with E-state index in [1.807, 2.05) is 88.4 Å². The molecule has 0 fully saturated rings. The van der Waals surface area contributed by atoms with E-state index in [2.05, 4.69) is 18.8 Å². The third kappa shape index (κ3) is 7.17. The summed E-state index contributed by atoms with van der Waals surface area (Å²) in [5.41, 5.74) is 8.86. The second-order valence-corrected chi connectivity index (χ2v) is 10.0. The molecule has 1 atom stereocenters. The third-order valence-corrected chi connectivity index (χ3v) is 7.18. The molecule has 0 saturated heterocycles. The van der Waals surface area contributed by atoms with E-state index in [1.165, 1.54) is 0 Å². The molecule has 4 aromatic rings. The maximum atomic E-state index is 10.4. The van der Waals surface area contributed by atoms with Crippen LogP contribution in [0.5, 0.6) is 17.2 Å². The fourth-order valence-corrected chi connectivity index (χ4v) is 4.51. The molecule has 0 aliphatic heterocycles. The molecule has 4 aromatic carbocycles. The largest absolute Gasteiger partial charge is 0.508 e. The van der Waals surface area contributed by atoms with Gasteiger partial charge in [0.05, 0.1) is 5.69 Å². The molecule has 6 heteroatoms. The van der Waals surface area contributed by atoms with Gasteiger partial charge in [-0.2, -0.15) is 4.99 Å². The number of benzene rings is 4. The first-order valence-electron chi connectivity index (χ1n) is 13.0. The fraction of sp³-hybridized carbons (Fsp3) is 0.235. The summed E-state index contributed by atoms with van der Waals surface area (Å²) in [6.45, 7) is 11.9. The molecular formula is C34H34N2O4. The summed E-state index contributed by atoms with van der Waals surface area (Å²) in [6, 6.07) is 22.9. The second kappa shape index (κ2) is 13.3. The minimum atomic E-state index is 0.183. The van der Waals surface area contributed by atoms with Gasteiger partial charge in [-0.15, -0.1) is 5.26 Å². The monoisotopic (exact) mass is 534 g/mol. The number of aryl methyl sites for hydroxylation is 4. The van der Waals surface area contributed by atoms with Crippen LogP contribution in [0.2, 0.25) is 0 Å². The number of nitrogens with zero attached hydrogens (tertiary/aromatic N) is 2. The van der Waals surface area contributed by atoms with Gasteiger partial charge in [-0.05, 0) is 96.5 Å². The highest BCUT2D eigenvalue weighted by Gasteiger charge is 2.13. The second-order valence-electron chi connectivity index (χ2n) is 10.0. The summed E-state index contributed by atoms with van der Waals surface area (Å²) in [5.74, 6) is 1.65. The normalized spacial score (nSPS) is 11.1. The van der Waals surface area contributed by atoms with E-state index in [1.54, 1.807) is 24.5 Å². The van der Waals surface area contributed by atoms with Crippen LogP contribution in [0.4, 0.5) is 5.69 Å². The average molecular weight is 535 g/mol. The van der Waals surface area contributed by atoms with Gasteiger partial charge in [-0.3, -0.25) is 0 Å². The molecule has 0 saturated carbocycles. The van der Waals surface area contributed by atoms with E-state index in [4.69, 9.17) is 10.00 Å². The zero-order chi connectivity index (χ0) is 29.4. The first kappa shape index (κ1) is 29.7. The van der Waals surface area contributed by atoms with Crippen LogP contribution in [0.3, 0.4) is 0 Å². The van der Waals surface area contributed by atoms with Crippen molar-refractivity contribution in [3.05, 3.63) is 117 Å². The lowest BCUT2D eigenvalue weighted by molar-refractivity contribution is 0.470. The fourth-order valence-electron chi connectivity index (χ4n) is 4.51. The number of ether oxygens (including phenoxy) is 1. The number of phenols is 2. The van der Waals surface area contributed by atoms with E-state index < -0.39 is 0 Å². The van der Waals surface area contributed by atoms with Crippen molar-refractivity contribution in [2.24, 2.45) is 4.99 Å². The molecule has 0 aromatic heterocycles. The summed E-state index contributed by atoms with van der Waals surface area (Å²) < 4.78 is 4.90. The van der Waals surface area contributed by atoms with E-state index in [0.717, 1.165) is 44.5 Å². The molecule has 6 nitrogen and oxygen atoms in total. The van der Waals surface area contributed by atoms with Crippen LogP contribution in [-0.2, 0) is 4.79 Å². The highest BCUT2D eigenvalue weighted by molar-refractivity contribution is 5.55. The highest BCUT2D eigenvalue weighted by Crippen LogP contribution is 2.32. The summed E-state index contributed by atoms with van der Waals surface area (Å²) >= 11 is 0. The van der Waals surface area contributed by atoms with E-state index in [9.17, 15) is 15.0 Å². The number of carbonyl (C=O) groups excluding carboxylic acids is 1. The lowest BCUT2D eigenvalue weighted by Crippen LogP contribution is -1.98. The van der Waals surface area contributed by atoms with Gasteiger partial charge >= 0.3 is 0 Å². The lowest BCUT2D eigenvalue weighted by atomic mass is 9.91. The Hall–Kier alpha value is -4.85. The van der Waals surface area contributed by atoms with Crippen LogP contribution < -0.4 is 4.74 Å². The predicted molar refractivity (Wildman–Crippen MR) is 157 cm³/mol. The van der Waals surface area contributed by atoms with Gasteiger partial charge in [0.15, 0.2) is 0 Å². The van der Waals surface area contributed by atoms with Gasteiger partial charge in [0.25, 0.3) is 6.26 Å². The average Bonchev–Trinajstić information content (AvgIpc) is 2.93. The number of rotatable bonds is 6. The number of hydrogen-bond donors (Lipinski definition) is 2. The zero-order valence-corrected chi connectivity index (χ0v) is 23.7. The molecule has 0 radical (unpaired) electrons. The van der Waals surface area contributed by atoms with E-state index in [0.29, 0.717) is 22.9 Å². The highest BCUT2D eigenvalue weighted by atomic mass is 16.5. The van der Waals surface area contributed by atoms with Gasteiger partial charge in [-0.1, -0.05) is 62.4 Å². The SMILES string of the molecule is Cc1cc(C(C)c2ccc(O)c(C)c2)ccc1O.Cc1cc(C(C)c2ccc(OC#N)c(C)c2)ccc1N=C=O. The van der Waals surface area contributed by atoms with Crippen molar-refractivity contribution in [1.29, 1.82) is 5.26 Å². The number of aromatic hydroxyl groups is 2. The molecule has 0 aliphatic carbocycles. The smallest absolute Gasteiger partial charge is 0.292 e. The predicted octanol–water partition coefficient (Wildman–Crippen LogP) is 8.15. The Bertz CT molecular complexity index is 1550. The van der Waals surface area contributed by atoms with Crippen LogP contribution in [0.1, 0.15) is 70.2 Å². The van der Waals surface area contributed by atoms with Gasteiger partial charge < -0.3 is 14.9 Å². The molecule has 0 spiro atoms. The molecule has 4 rings (SSSR count). The van der Waals surface area contributed by atoms with Crippen LogP contribution >= 0.6 is 0 Å². The maximum Gasteiger partial charge on any atom is 0.292 e. The summed E-state index contributed by atoms with van der Waals surface area (Å²) in [7, 11) is 0. The molecule has 0 bridgehead atoms. The molecule has 0 heterocycles. The molecule has 204 valence electrons. The van der Waals surface area contributed by atoms with Crippen LogP contribution in [0, 0.1) is 39.2 Å². The Morgan fingerprint density at radius 1 is 0.675 bits per heavy atom. The maximum absolute atomic E-state index is 10.4. The Kier molecular flexibility index (Phi) is 9.86. The Morgan fingerprint density at radius 2 is 1.10 bits per heavy atom. The molecule has 2 N–H and O–H groups in total. The minimum Gasteiger partial charge on any atom is -0.508 e. The quantitative estimate of drug-likeness (QED) is 0.148. The Morgan fingerprint density at radius 3 is 1.50 bits per heavy atom. The first-order valence-corrected chi connectivity index (χ1v) is 13.0. The van der Waals surface area contributed by atoms with E-state index >= 15 is 0 Å². The van der Waals surface area contributed by atoms with Crippen LogP contribution in [0.15, 0.2) is 77.8 Å². The standard InChI is InChI=1S/C18H16N2O2.C16H18O2/c1-12-8-15(4-6-17(12)20-11-21)14(3)16-5-7-18(22-10-19)13(2)9-16;1-10-8-13(4-6-15(10)17)12(3)14-5-7-16(18)11(2)9-14/h4-9,14H,1-3H3;4-9,12,17-18H,1-3H3. The molecule has 40 heavy (non-hydrogen) atoms. The van der Waals surface area contributed by atoms with Crippen molar-refractivity contribution < 1.29 is 19.7 Å². The molecule has 1 unspecified atom stereocenters. The number of hydrogen-bond acceptors (Lipinski definition) is 6. The minimum absolute atomic E-state index is 0.183. The number of phenolic OH excluding ortho intramolecular Hbond substituents is 2. The van der Waals surface area contributed by atoms with Crippen molar-refractivity contribution in [2.45, 2.75) is 53.4 Å². The number of isocyanates is 1. The van der Waals surface area contributed by atoms with Crippen molar-refractivity contribution in [1.82, 2.24) is 0 Å². The van der Waals surface area contributed by atoms with Crippen molar-refractivity contribution in [3.63, 3.8) is 0 Å². The van der Waals surface area contributed by atoms with Gasteiger partial charge in [0.1, 0.15) is 17.2 Å². The van der Waals surface area contributed by atoms with Crippen LogP contribution in [0.25, 0.3) is 0 Å². The molecular weight excluding hydrogens is 500 g/mol. The first-order chi connectivity index (χ1) is 19.0. The van der Waals surface area contributed by atoms with E-state index in [-0.39, 0.29) is 11.8 Å². The topological polar surface area (TPSA) is 103 Å². The number of aliphatic imine (C=N–C) groups is 1. The molecule has 0 amide bonds. The third-order valence-electron chi connectivity index (χ3n) is 7.18. The lowest BCUT2D eigenvalue weighted by Gasteiger charge is -2.15. The van der Waals surface area contributed by atoms with Gasteiger partial charge in [0.2, 0.25) is 6.08 Å². The number of nitriles is 1. The van der Waals surface area contributed by atoms with Gasteiger partial charge in [0, 0.05) is 11.8 Å². The Balaban J connectivity index is 0.000000225. The van der Waals surface area contributed by atoms with Crippen LogP contribution in [-0.4, -0.2) is 16.3 Å². The summed E-state index contributed by atoms with van der Waals surface area (Å²) in [5, 5.41) is 27.7. The summed E-state index contributed by atoms with van der Waals surface area (Å²) in [4.78, 5) is 14.0.